The molecule has 0 aliphatic carbocycles. The first-order chi connectivity index (χ1) is 14.9. The highest BCUT2D eigenvalue weighted by Crippen LogP contribution is 2.42. The SMILES string of the molecule is CCc1ccc(C(CO)c2nc3c(Cl)c(-c4ccccc4C(C)C)c(Cl)cc3[nH]2)cc1. The van der Waals surface area contributed by atoms with Crippen molar-refractivity contribution in [3.63, 3.8) is 0 Å². The molecule has 3 aromatic carbocycles. The molecule has 3 nitrogen and oxygen atoms in total. The van der Waals surface area contributed by atoms with E-state index in [1.54, 1.807) is 0 Å². The lowest BCUT2D eigenvalue weighted by molar-refractivity contribution is 0.277. The minimum absolute atomic E-state index is 0.0559. The standard InChI is InChI=1S/C26H26Cl2N2O/c1-4-16-9-11-17(12-10-16)20(14-31)26-29-22-13-21(27)23(24(28)25(22)30-26)19-8-6-5-7-18(19)15(2)3/h5-13,15,20,31H,4,14H2,1-3H3,(H,29,30). The molecular weight excluding hydrogens is 427 g/mol. The zero-order chi connectivity index (χ0) is 22.1. The molecule has 4 rings (SSSR count). The summed E-state index contributed by atoms with van der Waals surface area (Å²) in [6.07, 6.45) is 0.976. The van der Waals surface area contributed by atoms with Crippen LogP contribution >= 0.6 is 23.2 Å². The number of nitrogens with one attached hydrogen (secondary N) is 1. The van der Waals surface area contributed by atoms with E-state index in [-0.39, 0.29) is 12.5 Å². The molecule has 0 saturated carbocycles. The van der Waals surface area contributed by atoms with Gasteiger partial charge in [-0.15, -0.1) is 0 Å². The van der Waals surface area contributed by atoms with Crippen LogP contribution in [0, 0.1) is 0 Å². The fourth-order valence-electron chi connectivity index (χ4n) is 4.08. The molecule has 0 aliphatic rings. The third-order valence-corrected chi connectivity index (χ3v) is 6.51. The Morgan fingerprint density at radius 1 is 1.03 bits per heavy atom. The number of aliphatic hydroxyl groups is 1. The van der Waals surface area contributed by atoms with Crippen LogP contribution in [0.15, 0.2) is 54.6 Å². The van der Waals surface area contributed by atoms with Gasteiger partial charge < -0.3 is 10.1 Å². The Hall–Kier alpha value is -2.33. The zero-order valence-electron chi connectivity index (χ0n) is 17.9. The Bertz CT molecular complexity index is 1210. The average Bonchev–Trinajstić information content (AvgIpc) is 3.19. The lowest BCUT2D eigenvalue weighted by atomic mass is 9.92. The van der Waals surface area contributed by atoms with Crippen molar-refractivity contribution in [2.75, 3.05) is 6.61 Å². The monoisotopic (exact) mass is 452 g/mol. The predicted molar refractivity (Wildman–Crippen MR) is 130 cm³/mol. The van der Waals surface area contributed by atoms with Gasteiger partial charge in [-0.3, -0.25) is 0 Å². The van der Waals surface area contributed by atoms with Crippen LogP contribution < -0.4 is 0 Å². The highest BCUT2D eigenvalue weighted by atomic mass is 35.5. The lowest BCUT2D eigenvalue weighted by Crippen LogP contribution is -2.08. The van der Waals surface area contributed by atoms with Gasteiger partial charge in [0.15, 0.2) is 0 Å². The topological polar surface area (TPSA) is 48.9 Å². The minimum atomic E-state index is -0.264. The van der Waals surface area contributed by atoms with E-state index in [2.05, 4.69) is 44.0 Å². The van der Waals surface area contributed by atoms with Crippen molar-refractivity contribution in [1.82, 2.24) is 9.97 Å². The van der Waals surface area contributed by atoms with E-state index in [4.69, 9.17) is 28.2 Å². The average molecular weight is 453 g/mol. The Balaban J connectivity index is 1.84. The number of aromatic nitrogens is 2. The van der Waals surface area contributed by atoms with E-state index in [1.165, 1.54) is 11.1 Å². The van der Waals surface area contributed by atoms with Crippen LogP contribution in [-0.4, -0.2) is 21.7 Å². The summed E-state index contributed by atoms with van der Waals surface area (Å²) in [6, 6.07) is 18.3. The highest BCUT2D eigenvalue weighted by molar-refractivity contribution is 6.42. The molecule has 1 atom stereocenters. The number of hydrogen-bond donors (Lipinski definition) is 2. The van der Waals surface area contributed by atoms with E-state index in [1.807, 2.05) is 36.4 Å². The molecule has 1 aromatic heterocycles. The van der Waals surface area contributed by atoms with Gasteiger partial charge in [0, 0.05) is 5.56 Å². The molecule has 4 aromatic rings. The van der Waals surface area contributed by atoms with Crippen molar-refractivity contribution in [2.45, 2.75) is 39.0 Å². The quantitative estimate of drug-likeness (QED) is 0.321. The summed E-state index contributed by atoms with van der Waals surface area (Å²) < 4.78 is 0. The molecule has 5 heteroatoms. The minimum Gasteiger partial charge on any atom is -0.395 e. The summed E-state index contributed by atoms with van der Waals surface area (Å²) in [6.45, 7) is 6.38. The van der Waals surface area contributed by atoms with Gasteiger partial charge in [0.2, 0.25) is 0 Å². The number of halogens is 2. The number of hydrogen-bond acceptors (Lipinski definition) is 2. The van der Waals surface area contributed by atoms with Gasteiger partial charge in [0.05, 0.1) is 28.1 Å². The largest absolute Gasteiger partial charge is 0.395 e. The second kappa shape index (κ2) is 9.04. The van der Waals surface area contributed by atoms with E-state index >= 15 is 0 Å². The molecule has 31 heavy (non-hydrogen) atoms. The van der Waals surface area contributed by atoms with Gasteiger partial charge in [-0.05, 0) is 40.7 Å². The summed E-state index contributed by atoms with van der Waals surface area (Å²) in [4.78, 5) is 8.13. The molecule has 0 fully saturated rings. The first-order valence-corrected chi connectivity index (χ1v) is 11.4. The van der Waals surface area contributed by atoms with Crippen LogP contribution in [0.1, 0.15) is 55.1 Å². The van der Waals surface area contributed by atoms with Crippen molar-refractivity contribution in [1.29, 1.82) is 0 Å². The van der Waals surface area contributed by atoms with Crippen LogP contribution in [-0.2, 0) is 6.42 Å². The van der Waals surface area contributed by atoms with Crippen LogP contribution in [0.25, 0.3) is 22.2 Å². The van der Waals surface area contributed by atoms with Crippen molar-refractivity contribution in [3.8, 4) is 11.1 Å². The molecule has 160 valence electrons. The van der Waals surface area contributed by atoms with Crippen LogP contribution in [0.3, 0.4) is 0 Å². The molecule has 0 saturated heterocycles. The molecule has 0 radical (unpaired) electrons. The molecule has 1 unspecified atom stereocenters. The molecule has 0 spiro atoms. The van der Waals surface area contributed by atoms with Crippen LogP contribution in [0.2, 0.25) is 10.0 Å². The molecule has 1 heterocycles. The third-order valence-electron chi connectivity index (χ3n) is 5.84. The van der Waals surface area contributed by atoms with Crippen molar-refractivity contribution < 1.29 is 5.11 Å². The van der Waals surface area contributed by atoms with Gasteiger partial charge >= 0.3 is 0 Å². The number of rotatable bonds is 6. The van der Waals surface area contributed by atoms with Crippen molar-refractivity contribution in [2.24, 2.45) is 0 Å². The van der Waals surface area contributed by atoms with Gasteiger partial charge in [-0.25, -0.2) is 4.98 Å². The third kappa shape index (κ3) is 4.10. The number of fused-ring (bicyclic) bond motifs is 1. The summed E-state index contributed by atoms with van der Waals surface area (Å²) in [5.41, 5.74) is 6.70. The van der Waals surface area contributed by atoms with Crippen molar-refractivity contribution >= 4 is 34.2 Å². The normalized spacial score (nSPS) is 12.6. The van der Waals surface area contributed by atoms with E-state index in [0.717, 1.165) is 28.6 Å². The maximum absolute atomic E-state index is 10.1. The maximum atomic E-state index is 10.1. The second-order valence-corrected chi connectivity index (χ2v) is 8.92. The molecular formula is C26H26Cl2N2O. The lowest BCUT2D eigenvalue weighted by Gasteiger charge is -2.15. The summed E-state index contributed by atoms with van der Waals surface area (Å²) in [5.74, 6) is 0.743. The molecule has 0 amide bonds. The number of aromatic amines is 1. The van der Waals surface area contributed by atoms with Crippen LogP contribution in [0.4, 0.5) is 0 Å². The number of aliphatic hydroxyl groups excluding tert-OH is 1. The fraction of sp³-hybridized carbons (Fsp3) is 0.269. The summed E-state index contributed by atoms with van der Waals surface area (Å²) >= 11 is 13.6. The van der Waals surface area contributed by atoms with Gasteiger partial charge in [-0.1, -0.05) is 92.5 Å². The Morgan fingerprint density at radius 3 is 2.39 bits per heavy atom. The Labute approximate surface area is 193 Å². The first-order valence-electron chi connectivity index (χ1n) is 10.6. The van der Waals surface area contributed by atoms with E-state index < -0.39 is 0 Å². The van der Waals surface area contributed by atoms with Crippen LogP contribution in [0.5, 0.6) is 0 Å². The van der Waals surface area contributed by atoms with Crippen molar-refractivity contribution in [3.05, 3.63) is 87.2 Å². The number of nitrogens with zero attached hydrogens (tertiary/aromatic N) is 1. The van der Waals surface area contributed by atoms with Gasteiger partial charge in [0.1, 0.15) is 11.3 Å². The second-order valence-electron chi connectivity index (χ2n) is 8.14. The Kier molecular flexibility index (Phi) is 6.38. The van der Waals surface area contributed by atoms with E-state index in [0.29, 0.717) is 27.3 Å². The number of imidazole rings is 1. The summed E-state index contributed by atoms with van der Waals surface area (Å²) in [7, 11) is 0. The highest BCUT2D eigenvalue weighted by Gasteiger charge is 2.22. The number of benzene rings is 3. The molecule has 0 bridgehead atoms. The van der Waals surface area contributed by atoms with E-state index in [9.17, 15) is 5.11 Å². The number of aryl methyl sites for hydroxylation is 1. The fourth-order valence-corrected chi connectivity index (χ4v) is 4.78. The first kappa shape index (κ1) is 21.9. The molecule has 2 N–H and O–H groups in total. The maximum Gasteiger partial charge on any atom is 0.117 e. The molecule has 0 aliphatic heterocycles. The summed E-state index contributed by atoms with van der Waals surface area (Å²) in [5, 5.41) is 11.2. The van der Waals surface area contributed by atoms with Gasteiger partial charge in [-0.2, -0.15) is 0 Å². The number of H-pyrrole nitrogens is 1. The smallest absolute Gasteiger partial charge is 0.117 e. The van der Waals surface area contributed by atoms with Gasteiger partial charge in [0.25, 0.3) is 0 Å². The zero-order valence-corrected chi connectivity index (χ0v) is 19.4. The predicted octanol–water partition coefficient (Wildman–Crippen LogP) is 7.35. The Morgan fingerprint density at radius 2 is 1.74 bits per heavy atom.